The Morgan fingerprint density at radius 1 is 1.22 bits per heavy atom. The van der Waals surface area contributed by atoms with Gasteiger partial charge in [0.1, 0.15) is 5.82 Å². The third kappa shape index (κ3) is 3.15. The van der Waals surface area contributed by atoms with Crippen molar-refractivity contribution in [1.82, 2.24) is 10.3 Å². The molecule has 1 aromatic heterocycles. The molecule has 0 radical (unpaired) electrons. The molecule has 0 amide bonds. The molecule has 0 fully saturated rings. The van der Waals surface area contributed by atoms with E-state index >= 15 is 0 Å². The summed E-state index contributed by atoms with van der Waals surface area (Å²) in [6.45, 7) is 3.31. The largest absolute Gasteiger partial charge is 0.307 e. The van der Waals surface area contributed by atoms with Gasteiger partial charge in [0.05, 0.1) is 10.2 Å². The van der Waals surface area contributed by atoms with Crippen LogP contribution in [-0.4, -0.2) is 4.98 Å². The Morgan fingerprint density at radius 3 is 2.83 bits per heavy atom. The highest BCUT2D eigenvalue weighted by molar-refractivity contribution is 9.10. The molecule has 0 saturated carbocycles. The van der Waals surface area contributed by atoms with Crippen LogP contribution in [0.5, 0.6) is 0 Å². The van der Waals surface area contributed by atoms with Gasteiger partial charge in [0.2, 0.25) is 0 Å². The van der Waals surface area contributed by atoms with Crippen molar-refractivity contribution in [2.75, 3.05) is 0 Å². The third-order valence-corrected chi connectivity index (χ3v) is 3.65. The number of pyridine rings is 1. The third-order valence-electron chi connectivity index (χ3n) is 2.76. The van der Waals surface area contributed by atoms with Crippen LogP contribution in [0.1, 0.15) is 16.8 Å². The van der Waals surface area contributed by atoms with Crippen LogP contribution in [0, 0.1) is 12.7 Å². The molecule has 2 rings (SSSR count). The van der Waals surface area contributed by atoms with Gasteiger partial charge in [0.25, 0.3) is 0 Å². The fourth-order valence-corrected chi connectivity index (χ4v) is 2.11. The highest BCUT2D eigenvalue weighted by Crippen LogP contribution is 2.20. The molecule has 0 atom stereocenters. The lowest BCUT2D eigenvalue weighted by atomic mass is 10.2. The standard InChI is InChI=1S/C14H14BrFN2/c1-10-4-3-7-18-13(10)9-17-8-11-5-2-6-12(16)14(11)15/h2-7,17H,8-9H2,1H3. The summed E-state index contributed by atoms with van der Waals surface area (Å²) in [7, 11) is 0. The zero-order chi connectivity index (χ0) is 13.0. The van der Waals surface area contributed by atoms with E-state index in [0.717, 1.165) is 16.8 Å². The summed E-state index contributed by atoms with van der Waals surface area (Å²) < 4.78 is 13.8. The van der Waals surface area contributed by atoms with Gasteiger partial charge in [-0.25, -0.2) is 4.39 Å². The number of nitrogens with zero attached hydrogens (tertiary/aromatic N) is 1. The Morgan fingerprint density at radius 2 is 2.06 bits per heavy atom. The second-order valence-electron chi connectivity index (χ2n) is 4.08. The molecule has 18 heavy (non-hydrogen) atoms. The maximum absolute atomic E-state index is 13.3. The number of nitrogens with one attached hydrogen (secondary N) is 1. The first kappa shape index (κ1) is 13.2. The zero-order valence-corrected chi connectivity index (χ0v) is 11.7. The molecule has 0 aliphatic heterocycles. The van der Waals surface area contributed by atoms with E-state index in [1.165, 1.54) is 6.07 Å². The first-order valence-electron chi connectivity index (χ1n) is 5.72. The van der Waals surface area contributed by atoms with Crippen molar-refractivity contribution >= 4 is 15.9 Å². The second kappa shape index (κ2) is 6.07. The van der Waals surface area contributed by atoms with E-state index in [1.807, 2.05) is 25.1 Å². The summed E-state index contributed by atoms with van der Waals surface area (Å²) in [5, 5.41) is 3.27. The lowest BCUT2D eigenvalue weighted by Gasteiger charge is -2.08. The molecule has 4 heteroatoms. The van der Waals surface area contributed by atoms with Gasteiger partial charge in [-0.3, -0.25) is 4.98 Å². The molecular weight excluding hydrogens is 295 g/mol. The molecule has 0 saturated heterocycles. The van der Waals surface area contributed by atoms with E-state index in [0.29, 0.717) is 17.6 Å². The molecule has 2 aromatic rings. The van der Waals surface area contributed by atoms with Crippen LogP contribution in [0.2, 0.25) is 0 Å². The number of hydrogen-bond acceptors (Lipinski definition) is 2. The first-order chi connectivity index (χ1) is 8.68. The molecule has 0 aliphatic carbocycles. The summed E-state index contributed by atoms with van der Waals surface area (Å²) in [5.74, 6) is -0.233. The number of aromatic nitrogens is 1. The van der Waals surface area contributed by atoms with Gasteiger partial charge in [-0.1, -0.05) is 18.2 Å². The monoisotopic (exact) mass is 308 g/mol. The maximum Gasteiger partial charge on any atom is 0.137 e. The van der Waals surface area contributed by atoms with Gasteiger partial charge in [-0.2, -0.15) is 0 Å². The average molecular weight is 309 g/mol. The molecule has 1 N–H and O–H groups in total. The minimum absolute atomic E-state index is 0.233. The molecule has 1 aromatic carbocycles. The summed E-state index contributed by atoms with van der Waals surface area (Å²) in [5.41, 5.74) is 3.08. The van der Waals surface area contributed by atoms with Crippen LogP contribution >= 0.6 is 15.9 Å². The fourth-order valence-electron chi connectivity index (χ4n) is 1.70. The molecule has 0 unspecified atom stereocenters. The van der Waals surface area contributed by atoms with Crippen molar-refractivity contribution in [2.45, 2.75) is 20.0 Å². The van der Waals surface area contributed by atoms with E-state index in [2.05, 4.69) is 26.2 Å². The van der Waals surface area contributed by atoms with E-state index in [1.54, 1.807) is 12.3 Å². The van der Waals surface area contributed by atoms with Gasteiger partial charge in [-0.05, 0) is 46.1 Å². The zero-order valence-electron chi connectivity index (χ0n) is 10.1. The summed E-state index contributed by atoms with van der Waals surface area (Å²) >= 11 is 3.25. The predicted octanol–water partition coefficient (Wildman–Crippen LogP) is 3.58. The van der Waals surface area contributed by atoms with Gasteiger partial charge in [-0.15, -0.1) is 0 Å². The van der Waals surface area contributed by atoms with Gasteiger partial charge in [0, 0.05) is 19.3 Å². The van der Waals surface area contributed by atoms with Crippen LogP contribution in [0.3, 0.4) is 0 Å². The SMILES string of the molecule is Cc1cccnc1CNCc1cccc(F)c1Br. The van der Waals surface area contributed by atoms with Crippen molar-refractivity contribution in [2.24, 2.45) is 0 Å². The summed E-state index contributed by atoms with van der Waals surface area (Å²) in [6, 6.07) is 9.00. The van der Waals surface area contributed by atoms with E-state index in [4.69, 9.17) is 0 Å². The number of halogens is 2. The Kier molecular flexibility index (Phi) is 4.44. The Labute approximate surface area is 114 Å². The van der Waals surface area contributed by atoms with Crippen molar-refractivity contribution < 1.29 is 4.39 Å². The van der Waals surface area contributed by atoms with Gasteiger partial charge < -0.3 is 5.32 Å². The van der Waals surface area contributed by atoms with Crippen molar-refractivity contribution in [1.29, 1.82) is 0 Å². The number of hydrogen-bond donors (Lipinski definition) is 1. The van der Waals surface area contributed by atoms with Crippen LogP contribution in [0.25, 0.3) is 0 Å². The molecule has 0 spiro atoms. The van der Waals surface area contributed by atoms with Crippen molar-refractivity contribution in [3.05, 3.63) is 63.6 Å². The van der Waals surface area contributed by atoms with E-state index in [-0.39, 0.29) is 5.82 Å². The normalized spacial score (nSPS) is 10.6. The van der Waals surface area contributed by atoms with Gasteiger partial charge >= 0.3 is 0 Å². The summed E-state index contributed by atoms with van der Waals surface area (Å²) in [6.07, 6.45) is 1.78. The van der Waals surface area contributed by atoms with Crippen LogP contribution in [-0.2, 0) is 13.1 Å². The van der Waals surface area contributed by atoms with E-state index < -0.39 is 0 Å². The first-order valence-corrected chi connectivity index (χ1v) is 6.52. The van der Waals surface area contributed by atoms with Crippen molar-refractivity contribution in [3.8, 4) is 0 Å². The van der Waals surface area contributed by atoms with Crippen LogP contribution in [0.4, 0.5) is 4.39 Å². The molecule has 2 nitrogen and oxygen atoms in total. The Balaban J connectivity index is 1.97. The molecular formula is C14H14BrFN2. The van der Waals surface area contributed by atoms with Crippen LogP contribution in [0.15, 0.2) is 41.0 Å². The molecule has 1 heterocycles. The van der Waals surface area contributed by atoms with E-state index in [9.17, 15) is 4.39 Å². The predicted molar refractivity (Wildman–Crippen MR) is 73.6 cm³/mol. The highest BCUT2D eigenvalue weighted by Gasteiger charge is 2.05. The average Bonchev–Trinajstić information content (AvgIpc) is 2.37. The van der Waals surface area contributed by atoms with Crippen molar-refractivity contribution in [3.63, 3.8) is 0 Å². The topological polar surface area (TPSA) is 24.9 Å². The lowest BCUT2D eigenvalue weighted by molar-refractivity contribution is 0.611. The highest BCUT2D eigenvalue weighted by atomic mass is 79.9. The van der Waals surface area contributed by atoms with Gasteiger partial charge in [0.15, 0.2) is 0 Å². The quantitative estimate of drug-likeness (QED) is 0.934. The number of aryl methyl sites for hydroxylation is 1. The minimum atomic E-state index is -0.233. The Hall–Kier alpha value is -1.26. The number of rotatable bonds is 4. The lowest BCUT2D eigenvalue weighted by Crippen LogP contribution is -2.15. The minimum Gasteiger partial charge on any atom is -0.307 e. The second-order valence-corrected chi connectivity index (χ2v) is 4.88. The summed E-state index contributed by atoms with van der Waals surface area (Å²) in [4.78, 5) is 4.30. The smallest absolute Gasteiger partial charge is 0.137 e. The molecule has 0 aliphatic rings. The Bertz CT molecular complexity index is 543. The number of benzene rings is 1. The molecule has 94 valence electrons. The fraction of sp³-hybridized carbons (Fsp3) is 0.214. The van der Waals surface area contributed by atoms with Crippen LogP contribution < -0.4 is 5.32 Å². The maximum atomic E-state index is 13.3. The molecule has 0 bridgehead atoms.